The molecule has 0 radical (unpaired) electrons. The van der Waals surface area contributed by atoms with Gasteiger partial charge in [0.25, 0.3) is 0 Å². The monoisotopic (exact) mass is 213 g/mol. The van der Waals surface area contributed by atoms with E-state index in [9.17, 15) is 0 Å². The third-order valence-corrected chi connectivity index (χ3v) is 2.53. The summed E-state index contributed by atoms with van der Waals surface area (Å²) in [5.74, 6) is 0. The number of likely N-dealkylation sites (N-methyl/N-ethyl adjacent to an activating group) is 1. The van der Waals surface area contributed by atoms with Gasteiger partial charge in [0.2, 0.25) is 0 Å². The van der Waals surface area contributed by atoms with Gasteiger partial charge in [0.05, 0.1) is 6.61 Å². The number of aliphatic hydroxyl groups excluding tert-OH is 1. The Morgan fingerprint density at radius 1 is 1.50 bits per heavy atom. The van der Waals surface area contributed by atoms with Crippen LogP contribution in [-0.2, 0) is 6.42 Å². The van der Waals surface area contributed by atoms with E-state index in [1.807, 2.05) is 25.2 Å². The molecule has 1 aromatic carbocycles. The maximum Gasteiger partial charge on any atom is 0.0584 e. The van der Waals surface area contributed by atoms with Crippen LogP contribution in [0.3, 0.4) is 0 Å². The van der Waals surface area contributed by atoms with E-state index >= 15 is 0 Å². The van der Waals surface area contributed by atoms with Crippen LogP contribution in [-0.4, -0.2) is 24.8 Å². The molecule has 1 rings (SSSR count). The molecule has 0 aliphatic heterocycles. The molecule has 0 amide bonds. The van der Waals surface area contributed by atoms with E-state index in [0.717, 1.165) is 17.9 Å². The summed E-state index contributed by atoms with van der Waals surface area (Å²) in [6.07, 6.45) is 1.86. The van der Waals surface area contributed by atoms with Crippen LogP contribution in [0.5, 0.6) is 0 Å². The SMILES string of the molecule is CNC(CO)CCc1cccc(Cl)c1. The molecule has 1 aromatic rings. The molecule has 0 spiro atoms. The van der Waals surface area contributed by atoms with Crippen molar-refractivity contribution in [3.63, 3.8) is 0 Å². The fourth-order valence-electron chi connectivity index (χ4n) is 1.36. The number of hydrogen-bond donors (Lipinski definition) is 2. The lowest BCUT2D eigenvalue weighted by molar-refractivity contribution is 0.242. The Morgan fingerprint density at radius 3 is 2.86 bits per heavy atom. The Bertz CT molecular complexity index is 274. The van der Waals surface area contributed by atoms with Crippen molar-refractivity contribution in [2.75, 3.05) is 13.7 Å². The fraction of sp³-hybridized carbons (Fsp3) is 0.455. The third kappa shape index (κ3) is 3.66. The first-order valence-electron chi connectivity index (χ1n) is 4.79. The van der Waals surface area contributed by atoms with Gasteiger partial charge in [-0.1, -0.05) is 23.7 Å². The minimum Gasteiger partial charge on any atom is -0.395 e. The van der Waals surface area contributed by atoms with Crippen molar-refractivity contribution in [3.05, 3.63) is 34.9 Å². The summed E-state index contributed by atoms with van der Waals surface area (Å²) in [5, 5.41) is 12.8. The molecule has 0 aliphatic carbocycles. The molecule has 0 bridgehead atoms. The van der Waals surface area contributed by atoms with Crippen LogP contribution in [0.15, 0.2) is 24.3 Å². The second-order valence-corrected chi connectivity index (χ2v) is 3.77. The Kier molecular flexibility index (Phi) is 4.94. The van der Waals surface area contributed by atoms with Gasteiger partial charge >= 0.3 is 0 Å². The molecule has 2 nitrogen and oxygen atoms in total. The van der Waals surface area contributed by atoms with Gasteiger partial charge in [0.1, 0.15) is 0 Å². The highest BCUT2D eigenvalue weighted by atomic mass is 35.5. The zero-order valence-electron chi connectivity index (χ0n) is 8.33. The summed E-state index contributed by atoms with van der Waals surface area (Å²) in [6, 6.07) is 8.01. The molecule has 0 fully saturated rings. The van der Waals surface area contributed by atoms with Crippen molar-refractivity contribution in [2.24, 2.45) is 0 Å². The highest BCUT2D eigenvalue weighted by molar-refractivity contribution is 6.30. The Hall–Kier alpha value is -0.570. The lowest BCUT2D eigenvalue weighted by Gasteiger charge is -2.12. The van der Waals surface area contributed by atoms with Crippen LogP contribution in [0.25, 0.3) is 0 Å². The second-order valence-electron chi connectivity index (χ2n) is 3.34. The summed E-state index contributed by atoms with van der Waals surface area (Å²) in [5.41, 5.74) is 1.21. The van der Waals surface area contributed by atoms with E-state index < -0.39 is 0 Å². The number of aryl methyl sites for hydroxylation is 1. The highest BCUT2D eigenvalue weighted by Crippen LogP contribution is 2.12. The summed E-state index contributed by atoms with van der Waals surface area (Å²) >= 11 is 5.86. The predicted octanol–water partition coefficient (Wildman–Crippen LogP) is 1.85. The number of benzene rings is 1. The molecule has 0 aliphatic rings. The van der Waals surface area contributed by atoms with Crippen LogP contribution in [0, 0.1) is 0 Å². The minimum absolute atomic E-state index is 0.175. The standard InChI is InChI=1S/C11H16ClNO/c1-13-11(8-14)6-5-9-3-2-4-10(12)7-9/h2-4,7,11,13-14H,5-6,8H2,1H3. The van der Waals surface area contributed by atoms with Gasteiger partial charge in [0, 0.05) is 11.1 Å². The van der Waals surface area contributed by atoms with Crippen molar-refractivity contribution in [1.82, 2.24) is 5.32 Å². The normalized spacial score (nSPS) is 12.8. The van der Waals surface area contributed by atoms with Crippen molar-refractivity contribution < 1.29 is 5.11 Å². The van der Waals surface area contributed by atoms with Crippen molar-refractivity contribution >= 4 is 11.6 Å². The summed E-state index contributed by atoms with van der Waals surface area (Å²) in [6.45, 7) is 0.178. The van der Waals surface area contributed by atoms with Crippen LogP contribution in [0.4, 0.5) is 0 Å². The van der Waals surface area contributed by atoms with Gasteiger partial charge in [0.15, 0.2) is 0 Å². The Morgan fingerprint density at radius 2 is 2.29 bits per heavy atom. The largest absolute Gasteiger partial charge is 0.395 e. The van der Waals surface area contributed by atoms with Gasteiger partial charge in [-0.05, 0) is 37.6 Å². The number of halogens is 1. The van der Waals surface area contributed by atoms with Crippen molar-refractivity contribution in [2.45, 2.75) is 18.9 Å². The maximum atomic E-state index is 8.97. The van der Waals surface area contributed by atoms with Crippen molar-refractivity contribution in [3.8, 4) is 0 Å². The van der Waals surface area contributed by atoms with Crippen LogP contribution < -0.4 is 5.32 Å². The average Bonchev–Trinajstić information content (AvgIpc) is 2.19. The zero-order chi connectivity index (χ0) is 10.4. The number of hydrogen-bond acceptors (Lipinski definition) is 2. The third-order valence-electron chi connectivity index (χ3n) is 2.30. The second kappa shape index (κ2) is 6.02. The molecule has 78 valence electrons. The summed E-state index contributed by atoms with van der Waals surface area (Å²) in [7, 11) is 1.86. The summed E-state index contributed by atoms with van der Waals surface area (Å²) in [4.78, 5) is 0. The smallest absolute Gasteiger partial charge is 0.0584 e. The van der Waals surface area contributed by atoms with Crippen molar-refractivity contribution in [1.29, 1.82) is 0 Å². The van der Waals surface area contributed by atoms with Crippen LogP contribution in [0.1, 0.15) is 12.0 Å². The maximum absolute atomic E-state index is 8.97. The first-order chi connectivity index (χ1) is 6.76. The first kappa shape index (κ1) is 11.5. The topological polar surface area (TPSA) is 32.3 Å². The Labute approximate surface area is 89.9 Å². The highest BCUT2D eigenvalue weighted by Gasteiger charge is 2.04. The average molecular weight is 214 g/mol. The van der Waals surface area contributed by atoms with Gasteiger partial charge < -0.3 is 10.4 Å². The molecule has 0 aromatic heterocycles. The van der Waals surface area contributed by atoms with E-state index in [4.69, 9.17) is 16.7 Å². The fourth-order valence-corrected chi connectivity index (χ4v) is 1.57. The molecule has 3 heteroatoms. The lowest BCUT2D eigenvalue weighted by atomic mass is 10.1. The van der Waals surface area contributed by atoms with Gasteiger partial charge in [-0.15, -0.1) is 0 Å². The van der Waals surface area contributed by atoms with E-state index in [1.54, 1.807) is 0 Å². The Balaban J connectivity index is 2.44. The molecule has 1 unspecified atom stereocenters. The van der Waals surface area contributed by atoms with Gasteiger partial charge in [-0.25, -0.2) is 0 Å². The lowest BCUT2D eigenvalue weighted by Crippen LogP contribution is -2.29. The number of rotatable bonds is 5. The van der Waals surface area contributed by atoms with Gasteiger partial charge in [-0.3, -0.25) is 0 Å². The van der Waals surface area contributed by atoms with Crippen LogP contribution >= 0.6 is 11.6 Å². The van der Waals surface area contributed by atoms with Gasteiger partial charge in [-0.2, -0.15) is 0 Å². The van der Waals surface area contributed by atoms with Crippen LogP contribution in [0.2, 0.25) is 5.02 Å². The predicted molar refractivity (Wildman–Crippen MR) is 59.7 cm³/mol. The summed E-state index contributed by atoms with van der Waals surface area (Å²) < 4.78 is 0. The number of aliphatic hydroxyl groups is 1. The molecule has 1 atom stereocenters. The van der Waals surface area contributed by atoms with E-state index in [0.29, 0.717) is 0 Å². The molecule has 0 heterocycles. The quantitative estimate of drug-likeness (QED) is 0.783. The minimum atomic E-state index is 0.175. The van der Waals surface area contributed by atoms with E-state index in [2.05, 4.69) is 11.4 Å². The zero-order valence-corrected chi connectivity index (χ0v) is 9.09. The molecule has 2 N–H and O–H groups in total. The number of nitrogens with one attached hydrogen (secondary N) is 1. The van der Waals surface area contributed by atoms with E-state index in [1.165, 1.54) is 5.56 Å². The van der Waals surface area contributed by atoms with E-state index in [-0.39, 0.29) is 12.6 Å². The molecule has 14 heavy (non-hydrogen) atoms. The first-order valence-corrected chi connectivity index (χ1v) is 5.16. The molecular formula is C11H16ClNO. The molecule has 0 saturated heterocycles. The molecule has 0 saturated carbocycles. The molecular weight excluding hydrogens is 198 g/mol.